The topological polar surface area (TPSA) is 113 Å². The van der Waals surface area contributed by atoms with Gasteiger partial charge in [0.1, 0.15) is 6.04 Å². The zero-order valence-electron chi connectivity index (χ0n) is 13.8. The van der Waals surface area contributed by atoms with E-state index in [4.69, 9.17) is 5.11 Å². The maximum Gasteiger partial charge on any atom is 0.322 e. The van der Waals surface area contributed by atoms with Crippen molar-refractivity contribution in [3.63, 3.8) is 0 Å². The fourth-order valence-electron chi connectivity index (χ4n) is 2.35. The molecule has 1 unspecified atom stereocenters. The van der Waals surface area contributed by atoms with E-state index < -0.39 is 28.0 Å². The van der Waals surface area contributed by atoms with Gasteiger partial charge >= 0.3 is 5.97 Å². The van der Waals surface area contributed by atoms with Gasteiger partial charge in [-0.2, -0.15) is 4.72 Å². The van der Waals surface area contributed by atoms with Crippen LogP contribution in [0.4, 0.5) is 5.69 Å². The molecule has 0 aliphatic rings. The molecule has 1 aromatic carbocycles. The summed E-state index contributed by atoms with van der Waals surface area (Å²) >= 11 is 0. The monoisotopic (exact) mass is 342 g/mol. The lowest BCUT2D eigenvalue weighted by Crippen LogP contribution is -2.44. The second-order valence-electron chi connectivity index (χ2n) is 5.80. The third kappa shape index (κ3) is 4.77. The smallest absolute Gasteiger partial charge is 0.322 e. The van der Waals surface area contributed by atoms with Gasteiger partial charge < -0.3 is 10.4 Å². The Morgan fingerprint density at radius 3 is 1.96 bits per heavy atom. The molecule has 0 radical (unpaired) electrons. The molecular formula is C15H22N2O5S. The summed E-state index contributed by atoms with van der Waals surface area (Å²) in [5.41, 5.74) is 1.34. The quantitative estimate of drug-likeness (QED) is 0.727. The number of aryl methyl sites for hydroxylation is 2. The van der Waals surface area contributed by atoms with Gasteiger partial charge in [-0.3, -0.25) is 9.59 Å². The van der Waals surface area contributed by atoms with Crippen LogP contribution in [0.15, 0.2) is 17.0 Å². The van der Waals surface area contributed by atoms with Crippen molar-refractivity contribution in [1.82, 2.24) is 4.72 Å². The molecule has 0 aromatic heterocycles. The average molecular weight is 342 g/mol. The van der Waals surface area contributed by atoms with Gasteiger partial charge in [0, 0.05) is 12.6 Å². The Balaban J connectivity index is 3.28. The molecule has 0 fully saturated rings. The normalized spacial score (nSPS) is 13.0. The van der Waals surface area contributed by atoms with Gasteiger partial charge in [0.05, 0.1) is 4.90 Å². The summed E-state index contributed by atoms with van der Waals surface area (Å²) in [6.45, 7) is 7.80. The highest BCUT2D eigenvalue weighted by molar-refractivity contribution is 7.89. The number of hydrogen-bond acceptors (Lipinski definition) is 4. The number of sulfonamides is 1. The van der Waals surface area contributed by atoms with E-state index in [0.717, 1.165) is 0 Å². The number of carboxylic acid groups (broad SMARTS) is 1. The van der Waals surface area contributed by atoms with Crippen LogP contribution in [0.25, 0.3) is 0 Å². The number of rotatable bonds is 6. The summed E-state index contributed by atoms with van der Waals surface area (Å²) in [6.07, 6.45) is 0. The van der Waals surface area contributed by atoms with Gasteiger partial charge in [-0.15, -0.1) is 0 Å². The van der Waals surface area contributed by atoms with E-state index in [1.807, 2.05) is 0 Å². The van der Waals surface area contributed by atoms with Crippen LogP contribution in [0.2, 0.25) is 0 Å². The van der Waals surface area contributed by atoms with Gasteiger partial charge in [0.25, 0.3) is 0 Å². The fraction of sp³-hybridized carbons (Fsp3) is 0.467. The van der Waals surface area contributed by atoms with Crippen molar-refractivity contribution in [2.24, 2.45) is 5.92 Å². The lowest BCUT2D eigenvalue weighted by Gasteiger charge is -2.20. The standard InChI is InChI=1S/C15H22N2O5S/c1-8(2)13(15(19)20)17-23(21,22)14-9(3)6-12(7-10(14)4)16-11(5)18/h6-8,13,17H,1-5H3,(H,16,18)(H,19,20). The van der Waals surface area contributed by atoms with Crippen LogP contribution in [0.3, 0.4) is 0 Å². The predicted molar refractivity (Wildman–Crippen MR) is 86.8 cm³/mol. The molecule has 1 rings (SSSR count). The summed E-state index contributed by atoms with van der Waals surface area (Å²) in [4.78, 5) is 22.4. The van der Waals surface area contributed by atoms with Gasteiger partial charge in [-0.05, 0) is 43.0 Å². The van der Waals surface area contributed by atoms with Crippen LogP contribution in [0.1, 0.15) is 31.9 Å². The van der Waals surface area contributed by atoms with Gasteiger partial charge in [-0.1, -0.05) is 13.8 Å². The number of hydrogen-bond donors (Lipinski definition) is 3. The zero-order chi connectivity index (χ0) is 17.9. The molecule has 1 amide bonds. The predicted octanol–water partition coefficient (Wildman–Crippen LogP) is 1.65. The molecule has 23 heavy (non-hydrogen) atoms. The van der Waals surface area contributed by atoms with E-state index in [1.54, 1.807) is 27.7 Å². The number of aliphatic carboxylic acids is 1. The minimum absolute atomic E-state index is 0.0264. The molecule has 0 spiro atoms. The second kappa shape index (κ2) is 7.10. The molecule has 3 N–H and O–H groups in total. The minimum Gasteiger partial charge on any atom is -0.480 e. The SMILES string of the molecule is CC(=O)Nc1cc(C)c(S(=O)(=O)NC(C(=O)O)C(C)C)c(C)c1. The summed E-state index contributed by atoms with van der Waals surface area (Å²) in [5.74, 6) is -1.89. The minimum atomic E-state index is -4.00. The second-order valence-corrected chi connectivity index (χ2v) is 7.45. The molecule has 128 valence electrons. The molecule has 1 aromatic rings. The van der Waals surface area contributed by atoms with Crippen molar-refractivity contribution in [2.75, 3.05) is 5.32 Å². The number of carbonyl (C=O) groups excluding carboxylic acids is 1. The van der Waals surface area contributed by atoms with E-state index in [2.05, 4.69) is 10.0 Å². The summed E-state index contributed by atoms with van der Waals surface area (Å²) in [6, 6.07) is 1.86. The Bertz CT molecular complexity index is 702. The summed E-state index contributed by atoms with van der Waals surface area (Å²) < 4.78 is 27.4. The molecule has 1 atom stereocenters. The van der Waals surface area contributed by atoms with Crippen LogP contribution < -0.4 is 10.0 Å². The van der Waals surface area contributed by atoms with Crippen molar-refractivity contribution in [2.45, 2.75) is 45.6 Å². The van der Waals surface area contributed by atoms with Gasteiger partial charge in [0.15, 0.2) is 0 Å². The van der Waals surface area contributed by atoms with Crippen LogP contribution >= 0.6 is 0 Å². The molecule has 7 nitrogen and oxygen atoms in total. The van der Waals surface area contributed by atoms with Crippen molar-refractivity contribution in [3.8, 4) is 0 Å². The van der Waals surface area contributed by atoms with E-state index >= 15 is 0 Å². The molecule has 0 aliphatic carbocycles. The van der Waals surface area contributed by atoms with Gasteiger partial charge in [0.2, 0.25) is 15.9 Å². The lowest BCUT2D eigenvalue weighted by molar-refractivity contribution is -0.140. The number of anilines is 1. The molecule has 8 heteroatoms. The Morgan fingerprint density at radius 1 is 1.13 bits per heavy atom. The van der Waals surface area contributed by atoms with Crippen LogP contribution in [0, 0.1) is 19.8 Å². The number of benzene rings is 1. The molecule has 0 saturated heterocycles. The Kier molecular flexibility index (Phi) is 5.90. The molecule has 0 heterocycles. The molecule has 0 bridgehead atoms. The van der Waals surface area contributed by atoms with Crippen LogP contribution in [0.5, 0.6) is 0 Å². The third-order valence-electron chi connectivity index (χ3n) is 3.26. The Hall–Kier alpha value is -1.93. The molecular weight excluding hydrogens is 320 g/mol. The Morgan fingerprint density at radius 2 is 1.61 bits per heavy atom. The maximum absolute atomic E-state index is 12.6. The molecule has 0 aliphatic heterocycles. The highest BCUT2D eigenvalue weighted by Crippen LogP contribution is 2.25. The third-order valence-corrected chi connectivity index (χ3v) is 5.01. The van der Waals surface area contributed by atoms with E-state index in [1.165, 1.54) is 19.1 Å². The Labute approximate surface area is 136 Å². The highest BCUT2D eigenvalue weighted by Gasteiger charge is 2.30. The van der Waals surface area contributed by atoms with Crippen molar-refractivity contribution in [1.29, 1.82) is 0 Å². The first-order chi connectivity index (χ1) is 10.5. The van der Waals surface area contributed by atoms with E-state index in [-0.39, 0.29) is 10.8 Å². The first kappa shape index (κ1) is 19.1. The van der Waals surface area contributed by atoms with E-state index in [0.29, 0.717) is 16.8 Å². The number of carbonyl (C=O) groups is 2. The van der Waals surface area contributed by atoms with E-state index in [9.17, 15) is 18.0 Å². The van der Waals surface area contributed by atoms with Gasteiger partial charge in [-0.25, -0.2) is 8.42 Å². The maximum atomic E-state index is 12.6. The first-order valence-corrected chi connectivity index (χ1v) is 8.58. The van der Waals surface area contributed by atoms with Crippen LogP contribution in [-0.4, -0.2) is 31.4 Å². The summed E-state index contributed by atoms with van der Waals surface area (Å²) in [7, 11) is -4.00. The van der Waals surface area contributed by atoms with Crippen molar-refractivity contribution >= 4 is 27.6 Å². The van der Waals surface area contributed by atoms with Crippen molar-refractivity contribution in [3.05, 3.63) is 23.3 Å². The summed E-state index contributed by atoms with van der Waals surface area (Å²) in [5, 5.41) is 11.8. The number of carboxylic acids is 1. The van der Waals surface area contributed by atoms with Crippen LogP contribution in [-0.2, 0) is 19.6 Å². The van der Waals surface area contributed by atoms with Crippen molar-refractivity contribution < 1.29 is 23.1 Å². The molecule has 0 saturated carbocycles. The largest absolute Gasteiger partial charge is 0.480 e. The number of nitrogens with one attached hydrogen (secondary N) is 2. The lowest BCUT2D eigenvalue weighted by atomic mass is 10.1. The average Bonchev–Trinajstić information content (AvgIpc) is 2.33. The first-order valence-electron chi connectivity index (χ1n) is 7.09. The zero-order valence-corrected chi connectivity index (χ0v) is 14.6. The highest BCUT2D eigenvalue weighted by atomic mass is 32.2. The number of amides is 1. The fourth-order valence-corrected chi connectivity index (χ4v) is 4.14.